The SMILES string of the molecule is Cc1cccc2c(C[C@H](C)NC(=O)CN3C(=O)N[C@@H]4[C@@H]3N(C)C(=O)N4C)c[nH]c12. The number of aromatic nitrogens is 1. The number of urea groups is 2. The number of carbonyl (C=O) groups is 3. The Morgan fingerprint density at radius 1 is 1.24 bits per heavy atom. The first-order valence-corrected chi connectivity index (χ1v) is 9.69. The fourth-order valence-corrected chi connectivity index (χ4v) is 4.33. The standard InChI is InChI=1S/C20H26N6O3/c1-11-6-5-7-14-13(9-21-16(11)14)8-12(2)22-15(27)10-26-18-17(23-19(26)28)24(3)20(29)25(18)4/h5-7,9,12,17-18,21H,8,10H2,1-4H3,(H,22,27)(H,23,28)/t12-,17-,18+/m0/s1. The van der Waals surface area contributed by atoms with Gasteiger partial charge in [0.2, 0.25) is 5.91 Å². The van der Waals surface area contributed by atoms with Crippen molar-refractivity contribution in [1.82, 2.24) is 30.3 Å². The van der Waals surface area contributed by atoms with Crippen LogP contribution in [0.4, 0.5) is 9.59 Å². The van der Waals surface area contributed by atoms with Gasteiger partial charge in [-0.1, -0.05) is 18.2 Å². The minimum Gasteiger partial charge on any atom is -0.361 e. The molecule has 0 unspecified atom stereocenters. The molecule has 2 aliphatic heterocycles. The van der Waals surface area contributed by atoms with Crippen molar-refractivity contribution >= 4 is 28.9 Å². The van der Waals surface area contributed by atoms with Crippen LogP contribution in [0.5, 0.6) is 0 Å². The van der Waals surface area contributed by atoms with Crippen LogP contribution in [0.1, 0.15) is 18.1 Å². The molecule has 1 aromatic carbocycles. The van der Waals surface area contributed by atoms with Crippen LogP contribution in [0.2, 0.25) is 0 Å². The second-order valence-corrected chi connectivity index (χ2v) is 7.92. The number of amides is 5. The van der Waals surface area contributed by atoms with Crippen LogP contribution in [-0.2, 0) is 11.2 Å². The Bertz CT molecular complexity index is 986. The number of hydrogen-bond acceptors (Lipinski definition) is 3. The van der Waals surface area contributed by atoms with Gasteiger partial charge < -0.3 is 25.4 Å². The monoisotopic (exact) mass is 398 g/mol. The van der Waals surface area contributed by atoms with E-state index in [2.05, 4.69) is 34.7 Å². The Morgan fingerprint density at radius 2 is 2.00 bits per heavy atom. The molecule has 154 valence electrons. The van der Waals surface area contributed by atoms with Gasteiger partial charge in [0.05, 0.1) is 0 Å². The van der Waals surface area contributed by atoms with Crippen molar-refractivity contribution in [3.8, 4) is 0 Å². The van der Waals surface area contributed by atoms with Crippen molar-refractivity contribution < 1.29 is 14.4 Å². The minimum absolute atomic E-state index is 0.101. The number of nitrogens with one attached hydrogen (secondary N) is 3. The van der Waals surface area contributed by atoms with Gasteiger partial charge in [0.25, 0.3) is 0 Å². The highest BCUT2D eigenvalue weighted by atomic mass is 16.2. The topological polar surface area (TPSA) is 101 Å². The molecule has 2 aliphatic rings. The highest BCUT2D eigenvalue weighted by Crippen LogP contribution is 2.26. The zero-order chi connectivity index (χ0) is 20.9. The number of H-pyrrole nitrogens is 1. The predicted octanol–water partition coefficient (Wildman–Crippen LogP) is 1.20. The molecule has 9 heteroatoms. The Labute approximate surface area is 169 Å². The summed E-state index contributed by atoms with van der Waals surface area (Å²) in [6.45, 7) is 3.90. The number of rotatable bonds is 5. The highest BCUT2D eigenvalue weighted by molar-refractivity contribution is 5.89. The summed E-state index contributed by atoms with van der Waals surface area (Å²) in [6, 6.07) is 5.52. The van der Waals surface area contributed by atoms with Crippen molar-refractivity contribution in [1.29, 1.82) is 0 Å². The third-order valence-corrected chi connectivity index (χ3v) is 5.81. The van der Waals surface area contributed by atoms with E-state index in [1.807, 2.05) is 19.2 Å². The number of fused-ring (bicyclic) bond motifs is 2. The molecule has 3 N–H and O–H groups in total. The Balaban J connectivity index is 1.40. The molecule has 0 spiro atoms. The van der Waals surface area contributed by atoms with Gasteiger partial charge >= 0.3 is 12.1 Å². The van der Waals surface area contributed by atoms with E-state index in [9.17, 15) is 14.4 Å². The van der Waals surface area contributed by atoms with Crippen LogP contribution in [0, 0.1) is 6.92 Å². The molecule has 9 nitrogen and oxygen atoms in total. The smallest absolute Gasteiger partial charge is 0.323 e. The van der Waals surface area contributed by atoms with Crippen molar-refractivity contribution in [2.24, 2.45) is 0 Å². The van der Waals surface area contributed by atoms with Gasteiger partial charge in [-0.25, -0.2) is 9.59 Å². The van der Waals surface area contributed by atoms with E-state index in [1.54, 1.807) is 14.1 Å². The van der Waals surface area contributed by atoms with Gasteiger partial charge in [-0.3, -0.25) is 9.69 Å². The number of carbonyl (C=O) groups excluding carboxylic acids is 3. The molecule has 1 aromatic heterocycles. The molecule has 4 rings (SSSR count). The van der Waals surface area contributed by atoms with Crippen molar-refractivity contribution in [3.05, 3.63) is 35.5 Å². The summed E-state index contributed by atoms with van der Waals surface area (Å²) in [4.78, 5) is 44.7. The molecule has 0 radical (unpaired) electrons. The quantitative estimate of drug-likeness (QED) is 0.705. The third kappa shape index (κ3) is 3.16. The molecule has 3 heterocycles. The van der Waals surface area contributed by atoms with Gasteiger partial charge in [-0.15, -0.1) is 0 Å². The largest absolute Gasteiger partial charge is 0.361 e. The second-order valence-electron chi connectivity index (χ2n) is 7.92. The van der Waals surface area contributed by atoms with Gasteiger partial charge in [-0.2, -0.15) is 0 Å². The minimum atomic E-state index is -0.488. The number of benzene rings is 1. The highest BCUT2D eigenvalue weighted by Gasteiger charge is 2.52. The summed E-state index contributed by atoms with van der Waals surface area (Å²) in [6.07, 6.45) is 1.72. The van der Waals surface area contributed by atoms with Crippen LogP contribution in [0.25, 0.3) is 10.9 Å². The molecule has 3 atom stereocenters. The number of para-hydroxylation sites is 1. The molecule has 0 saturated carbocycles. The van der Waals surface area contributed by atoms with Crippen LogP contribution >= 0.6 is 0 Å². The van der Waals surface area contributed by atoms with Gasteiger partial charge in [0.1, 0.15) is 18.9 Å². The van der Waals surface area contributed by atoms with Crippen molar-refractivity contribution in [3.63, 3.8) is 0 Å². The van der Waals surface area contributed by atoms with E-state index in [-0.39, 0.29) is 30.6 Å². The maximum absolute atomic E-state index is 12.6. The maximum atomic E-state index is 12.6. The summed E-state index contributed by atoms with van der Waals surface area (Å²) < 4.78 is 0. The summed E-state index contributed by atoms with van der Waals surface area (Å²) >= 11 is 0. The van der Waals surface area contributed by atoms with Gasteiger partial charge in [0, 0.05) is 37.2 Å². The number of aryl methyl sites for hydroxylation is 1. The van der Waals surface area contributed by atoms with E-state index in [0.29, 0.717) is 6.42 Å². The Kier molecular flexibility index (Phi) is 4.60. The lowest BCUT2D eigenvalue weighted by atomic mass is 10.0. The second kappa shape index (κ2) is 6.98. The molecule has 0 aliphatic carbocycles. The number of hydrogen-bond donors (Lipinski definition) is 3. The number of aromatic amines is 1. The van der Waals surface area contributed by atoms with E-state index < -0.39 is 12.3 Å². The Hall–Kier alpha value is -3.23. The fraction of sp³-hybridized carbons (Fsp3) is 0.450. The molecule has 2 saturated heterocycles. The first-order chi connectivity index (χ1) is 13.8. The normalized spacial score (nSPS) is 22.3. The first kappa shape index (κ1) is 19.1. The van der Waals surface area contributed by atoms with Crippen molar-refractivity contribution in [2.75, 3.05) is 20.6 Å². The zero-order valence-electron chi connectivity index (χ0n) is 17.0. The van der Waals surface area contributed by atoms with Gasteiger partial charge in [0.15, 0.2) is 0 Å². The van der Waals surface area contributed by atoms with Gasteiger partial charge in [-0.05, 0) is 31.4 Å². The summed E-state index contributed by atoms with van der Waals surface area (Å²) in [5.74, 6) is -0.250. The summed E-state index contributed by atoms with van der Waals surface area (Å²) in [5, 5.41) is 6.89. The van der Waals surface area contributed by atoms with E-state index >= 15 is 0 Å². The molecular weight excluding hydrogens is 372 g/mol. The molecule has 0 bridgehead atoms. The molecular formula is C20H26N6O3. The lowest BCUT2D eigenvalue weighted by Crippen LogP contribution is -2.49. The molecule has 2 fully saturated rings. The lowest BCUT2D eigenvalue weighted by Gasteiger charge is -2.26. The van der Waals surface area contributed by atoms with Crippen molar-refractivity contribution in [2.45, 2.75) is 38.6 Å². The van der Waals surface area contributed by atoms with E-state index in [1.165, 1.54) is 20.3 Å². The van der Waals surface area contributed by atoms with Crippen LogP contribution in [0.15, 0.2) is 24.4 Å². The van der Waals surface area contributed by atoms with E-state index in [0.717, 1.165) is 16.5 Å². The molecule has 5 amide bonds. The van der Waals surface area contributed by atoms with Crippen LogP contribution in [0.3, 0.4) is 0 Å². The average Bonchev–Trinajstić information content (AvgIpc) is 3.28. The average molecular weight is 398 g/mol. The molecule has 2 aromatic rings. The number of nitrogens with zero attached hydrogens (tertiary/aromatic N) is 3. The third-order valence-electron chi connectivity index (χ3n) is 5.81. The fourth-order valence-electron chi connectivity index (χ4n) is 4.33. The van der Waals surface area contributed by atoms with E-state index in [4.69, 9.17) is 0 Å². The number of likely N-dealkylation sites (N-methyl/N-ethyl adjacent to an activating group) is 2. The molecule has 29 heavy (non-hydrogen) atoms. The van der Waals surface area contributed by atoms with Crippen LogP contribution < -0.4 is 10.6 Å². The maximum Gasteiger partial charge on any atom is 0.323 e. The summed E-state index contributed by atoms with van der Waals surface area (Å²) in [7, 11) is 3.27. The zero-order valence-corrected chi connectivity index (χ0v) is 17.0. The lowest BCUT2D eigenvalue weighted by molar-refractivity contribution is -0.122. The van der Waals surface area contributed by atoms with Crippen LogP contribution in [-0.4, -0.2) is 76.7 Å². The first-order valence-electron chi connectivity index (χ1n) is 9.69. The summed E-state index contributed by atoms with van der Waals surface area (Å²) in [5.41, 5.74) is 3.43. The Morgan fingerprint density at radius 3 is 2.76 bits per heavy atom. The predicted molar refractivity (Wildman–Crippen MR) is 108 cm³/mol.